The summed E-state index contributed by atoms with van der Waals surface area (Å²) in [6.45, 7) is 12.9. The lowest BCUT2D eigenvalue weighted by atomic mass is 10.1. The van der Waals surface area contributed by atoms with E-state index in [0.717, 1.165) is 24.1 Å². The number of rotatable bonds is 4. The Labute approximate surface area is 122 Å². The van der Waals surface area contributed by atoms with E-state index in [9.17, 15) is 4.79 Å². The van der Waals surface area contributed by atoms with Gasteiger partial charge in [-0.25, -0.2) is 0 Å². The first-order chi connectivity index (χ1) is 9.07. The molecule has 1 aliphatic rings. The van der Waals surface area contributed by atoms with Gasteiger partial charge in [-0.15, -0.1) is 0 Å². The summed E-state index contributed by atoms with van der Waals surface area (Å²) in [7, 11) is -1.83. The van der Waals surface area contributed by atoms with E-state index in [1.165, 1.54) is 0 Å². The number of aromatic nitrogens is 1. The Balaban J connectivity index is 2.28. The molecule has 1 fully saturated rings. The molecule has 0 unspecified atom stereocenters. The molecule has 1 aromatic heterocycles. The highest BCUT2D eigenvalue weighted by atomic mass is 28.4. The fourth-order valence-electron chi connectivity index (χ4n) is 2.06. The molecule has 1 aromatic rings. The average Bonchev–Trinajstić information content (AvgIpc) is 3.08. The molecule has 0 bridgehead atoms. The van der Waals surface area contributed by atoms with Crippen LogP contribution >= 0.6 is 0 Å². The van der Waals surface area contributed by atoms with Crippen molar-refractivity contribution in [2.75, 3.05) is 0 Å². The van der Waals surface area contributed by atoms with Crippen molar-refractivity contribution in [1.29, 1.82) is 0 Å². The van der Waals surface area contributed by atoms with Gasteiger partial charge >= 0.3 is 0 Å². The van der Waals surface area contributed by atoms with Crippen LogP contribution in [-0.4, -0.2) is 19.1 Å². The highest BCUT2D eigenvalue weighted by Gasteiger charge is 2.53. The summed E-state index contributed by atoms with van der Waals surface area (Å²) in [6, 6.07) is 3.68. The molecule has 0 aliphatic heterocycles. The van der Waals surface area contributed by atoms with Crippen LogP contribution < -0.4 is 0 Å². The van der Waals surface area contributed by atoms with E-state index >= 15 is 0 Å². The predicted octanol–water partition coefficient (Wildman–Crippen LogP) is 4.30. The lowest BCUT2D eigenvalue weighted by molar-refractivity contribution is 0.101. The van der Waals surface area contributed by atoms with Crippen LogP contribution in [0.25, 0.3) is 0 Å². The van der Waals surface area contributed by atoms with Crippen LogP contribution in [0.1, 0.15) is 56.6 Å². The Kier molecular flexibility index (Phi) is 3.67. The van der Waals surface area contributed by atoms with E-state index in [1.54, 1.807) is 19.2 Å². The Morgan fingerprint density at radius 2 is 1.95 bits per heavy atom. The van der Waals surface area contributed by atoms with E-state index in [-0.39, 0.29) is 16.4 Å². The molecule has 0 atom stereocenters. The van der Waals surface area contributed by atoms with E-state index in [0.29, 0.717) is 0 Å². The van der Waals surface area contributed by atoms with Crippen molar-refractivity contribution in [2.24, 2.45) is 0 Å². The summed E-state index contributed by atoms with van der Waals surface area (Å²) in [6.07, 6.45) is 3.74. The fraction of sp³-hybridized carbons (Fsp3) is 0.625. The Bertz CT molecular complexity index is 528. The first-order valence-electron chi connectivity index (χ1n) is 7.25. The van der Waals surface area contributed by atoms with Gasteiger partial charge in [-0.2, -0.15) is 0 Å². The third-order valence-corrected chi connectivity index (χ3v) is 9.11. The van der Waals surface area contributed by atoms with Gasteiger partial charge in [0.1, 0.15) is 0 Å². The van der Waals surface area contributed by atoms with Gasteiger partial charge in [0.2, 0.25) is 0 Å². The molecule has 20 heavy (non-hydrogen) atoms. The van der Waals surface area contributed by atoms with Crippen molar-refractivity contribution in [3.8, 4) is 0 Å². The molecule has 4 heteroatoms. The first-order valence-corrected chi connectivity index (χ1v) is 10.2. The van der Waals surface area contributed by atoms with Crippen molar-refractivity contribution in [2.45, 2.75) is 64.3 Å². The molecular weight excluding hydrogens is 266 g/mol. The largest absolute Gasteiger partial charge is 0.406 e. The molecule has 1 saturated carbocycles. The minimum absolute atomic E-state index is 0.0803. The smallest absolute Gasteiger partial charge is 0.193 e. The van der Waals surface area contributed by atoms with Gasteiger partial charge in [0.15, 0.2) is 14.1 Å². The highest BCUT2D eigenvalue weighted by molar-refractivity contribution is 6.74. The van der Waals surface area contributed by atoms with Crippen molar-refractivity contribution >= 4 is 14.1 Å². The summed E-state index contributed by atoms with van der Waals surface area (Å²) in [5.74, 6) is 0.0803. The van der Waals surface area contributed by atoms with Crippen molar-refractivity contribution in [3.63, 3.8) is 0 Å². The SMILES string of the molecule is CC(=O)c1ccnc(C2(O[Si](C)(C)C(C)(C)C)CC2)c1. The second kappa shape index (κ2) is 4.78. The molecule has 3 nitrogen and oxygen atoms in total. The number of pyridine rings is 1. The van der Waals surface area contributed by atoms with Crippen molar-refractivity contribution in [3.05, 3.63) is 29.6 Å². The number of carbonyl (C=O) groups is 1. The lowest BCUT2D eigenvalue weighted by Crippen LogP contribution is -2.44. The molecule has 0 amide bonds. The Morgan fingerprint density at radius 3 is 2.40 bits per heavy atom. The molecule has 110 valence electrons. The van der Waals surface area contributed by atoms with E-state index in [4.69, 9.17) is 4.43 Å². The number of nitrogens with zero attached hydrogens (tertiary/aromatic N) is 1. The van der Waals surface area contributed by atoms with Crippen molar-refractivity contribution < 1.29 is 9.22 Å². The number of hydrogen-bond donors (Lipinski definition) is 0. The maximum absolute atomic E-state index is 11.5. The first kappa shape index (κ1) is 15.4. The highest BCUT2D eigenvalue weighted by Crippen LogP contribution is 2.53. The molecule has 2 rings (SSSR count). The van der Waals surface area contributed by atoms with Crippen LogP contribution in [-0.2, 0) is 10.0 Å². The van der Waals surface area contributed by atoms with Crippen molar-refractivity contribution in [1.82, 2.24) is 4.98 Å². The number of hydrogen-bond acceptors (Lipinski definition) is 3. The fourth-order valence-corrected chi connectivity index (χ4v) is 3.66. The molecule has 0 aromatic carbocycles. The second-order valence-corrected chi connectivity index (χ2v) is 12.1. The molecule has 0 N–H and O–H groups in total. The summed E-state index contributed by atoms with van der Waals surface area (Å²) >= 11 is 0. The summed E-state index contributed by atoms with van der Waals surface area (Å²) in [5.41, 5.74) is 1.41. The third kappa shape index (κ3) is 2.86. The van der Waals surface area contributed by atoms with E-state index in [1.807, 2.05) is 6.07 Å². The van der Waals surface area contributed by atoms with Crippen LogP contribution in [0, 0.1) is 0 Å². The minimum Gasteiger partial charge on any atom is -0.406 e. The number of carbonyl (C=O) groups excluding carboxylic acids is 1. The molecule has 1 aliphatic carbocycles. The van der Waals surface area contributed by atoms with Crippen LogP contribution in [0.5, 0.6) is 0 Å². The van der Waals surface area contributed by atoms with Gasteiger partial charge < -0.3 is 4.43 Å². The van der Waals surface area contributed by atoms with Crippen LogP contribution in [0.2, 0.25) is 18.1 Å². The summed E-state index contributed by atoms with van der Waals surface area (Å²) < 4.78 is 6.59. The molecule has 0 saturated heterocycles. The Hall–Kier alpha value is -1.00. The Morgan fingerprint density at radius 1 is 1.35 bits per heavy atom. The summed E-state index contributed by atoms with van der Waals surface area (Å²) in [4.78, 5) is 16.0. The van der Waals surface area contributed by atoms with Crippen LogP contribution in [0.4, 0.5) is 0 Å². The van der Waals surface area contributed by atoms with Gasteiger partial charge in [-0.05, 0) is 50.0 Å². The second-order valence-electron chi connectivity index (χ2n) is 7.34. The third-order valence-electron chi connectivity index (χ3n) is 4.59. The lowest BCUT2D eigenvalue weighted by Gasteiger charge is -2.39. The predicted molar refractivity (Wildman–Crippen MR) is 83.4 cm³/mol. The minimum atomic E-state index is -1.83. The number of Topliss-reactive ketones (excluding diaryl/α,β-unsaturated/α-hetero) is 1. The van der Waals surface area contributed by atoms with Gasteiger partial charge in [0.05, 0.1) is 11.3 Å². The maximum Gasteiger partial charge on any atom is 0.193 e. The average molecular weight is 291 g/mol. The van der Waals surface area contributed by atoms with Gasteiger partial charge in [0.25, 0.3) is 0 Å². The zero-order valence-corrected chi connectivity index (χ0v) is 14.4. The monoisotopic (exact) mass is 291 g/mol. The molecular formula is C16H25NO2Si. The maximum atomic E-state index is 11.5. The standard InChI is InChI=1S/C16H25NO2Si/c1-12(18)13-7-10-17-14(11-13)16(8-9-16)19-20(5,6)15(2,3)4/h7,10-11H,8-9H2,1-6H3. The zero-order chi connectivity index (χ0) is 15.2. The normalized spacial score (nSPS) is 17.9. The molecule has 0 spiro atoms. The quantitative estimate of drug-likeness (QED) is 0.613. The van der Waals surface area contributed by atoms with Gasteiger partial charge in [0, 0.05) is 11.8 Å². The molecule has 0 radical (unpaired) electrons. The van der Waals surface area contributed by atoms with E-state index < -0.39 is 8.32 Å². The zero-order valence-electron chi connectivity index (χ0n) is 13.4. The molecule has 1 heterocycles. The summed E-state index contributed by atoms with van der Waals surface area (Å²) in [5, 5.41) is 0.181. The van der Waals surface area contributed by atoms with E-state index in [2.05, 4.69) is 38.8 Å². The van der Waals surface area contributed by atoms with Gasteiger partial charge in [-0.3, -0.25) is 9.78 Å². The number of ketones is 1. The topological polar surface area (TPSA) is 39.2 Å². The van der Waals surface area contributed by atoms with Crippen LogP contribution in [0.15, 0.2) is 18.3 Å². The van der Waals surface area contributed by atoms with Crippen LogP contribution in [0.3, 0.4) is 0 Å². The van der Waals surface area contributed by atoms with Gasteiger partial charge in [-0.1, -0.05) is 20.8 Å².